The molecule has 0 amide bonds. The number of aliphatic hydroxyl groups excluding tert-OH is 1. The molecule has 0 fully saturated rings. The summed E-state index contributed by atoms with van der Waals surface area (Å²) in [7, 11) is 0. The zero-order chi connectivity index (χ0) is 12.9. The number of hydrogen-bond donors (Lipinski definition) is 3. The molecule has 0 aliphatic heterocycles. The highest BCUT2D eigenvalue weighted by Gasteiger charge is 2.32. The summed E-state index contributed by atoms with van der Waals surface area (Å²) in [5.41, 5.74) is 8.86. The van der Waals surface area contributed by atoms with Crippen LogP contribution in [0, 0.1) is 0 Å². The van der Waals surface area contributed by atoms with Crippen molar-refractivity contribution in [2.24, 2.45) is 5.73 Å². The van der Waals surface area contributed by atoms with Gasteiger partial charge in [-0.15, -0.1) is 0 Å². The Labute approximate surface area is 115 Å². The fraction of sp³-hybridized carbons (Fsp3) is 0.385. The minimum absolute atomic E-state index is 0.0166. The zero-order valence-electron chi connectivity index (χ0n) is 9.76. The number of hydrogen-bond acceptors (Lipinski definition) is 2. The summed E-state index contributed by atoms with van der Waals surface area (Å²) >= 11 is 12.4. The van der Waals surface area contributed by atoms with Crippen molar-refractivity contribution in [3.8, 4) is 0 Å². The first kappa shape index (κ1) is 12.3. The fourth-order valence-corrected chi connectivity index (χ4v) is 3.13. The van der Waals surface area contributed by atoms with E-state index in [9.17, 15) is 5.11 Å². The number of nitrogens with one attached hydrogen (secondary N) is 1. The van der Waals surface area contributed by atoms with Gasteiger partial charge in [-0.25, -0.2) is 0 Å². The fourth-order valence-electron chi connectivity index (χ4n) is 2.70. The SMILES string of the molecule is NC1(CO)CCc2[nH]c3ccc(Cl)c(Cl)c3c2C1. The number of aryl methyl sites for hydroxylation is 1. The summed E-state index contributed by atoms with van der Waals surface area (Å²) in [6.07, 6.45) is 2.22. The Hall–Kier alpha value is -0.740. The molecule has 1 unspecified atom stereocenters. The van der Waals surface area contributed by atoms with Crippen molar-refractivity contribution in [1.82, 2.24) is 4.98 Å². The lowest BCUT2D eigenvalue weighted by Crippen LogP contribution is -2.48. The van der Waals surface area contributed by atoms with Gasteiger partial charge in [0.25, 0.3) is 0 Å². The van der Waals surface area contributed by atoms with Crippen molar-refractivity contribution in [3.63, 3.8) is 0 Å². The molecule has 3 rings (SSSR count). The van der Waals surface area contributed by atoms with Crippen LogP contribution in [0.25, 0.3) is 10.9 Å². The van der Waals surface area contributed by atoms with E-state index >= 15 is 0 Å². The molecular formula is C13H14Cl2N2O. The molecular weight excluding hydrogens is 271 g/mol. The molecule has 2 aromatic rings. The highest BCUT2D eigenvalue weighted by atomic mass is 35.5. The first-order chi connectivity index (χ1) is 8.54. The highest BCUT2D eigenvalue weighted by Crippen LogP contribution is 2.39. The zero-order valence-corrected chi connectivity index (χ0v) is 11.3. The number of rotatable bonds is 1. The van der Waals surface area contributed by atoms with E-state index in [1.54, 1.807) is 6.07 Å². The number of aromatic amines is 1. The molecule has 1 aromatic heterocycles. The van der Waals surface area contributed by atoms with E-state index in [4.69, 9.17) is 28.9 Å². The number of nitrogens with two attached hydrogens (primary N) is 1. The lowest BCUT2D eigenvalue weighted by molar-refractivity contribution is 0.181. The van der Waals surface area contributed by atoms with Gasteiger partial charge in [0.05, 0.1) is 16.7 Å². The average Bonchev–Trinajstić information content (AvgIpc) is 2.72. The Morgan fingerprint density at radius 3 is 2.89 bits per heavy atom. The van der Waals surface area contributed by atoms with Crippen molar-refractivity contribution >= 4 is 34.1 Å². The monoisotopic (exact) mass is 284 g/mol. The summed E-state index contributed by atoms with van der Waals surface area (Å²) in [6.45, 7) is -0.0166. The van der Waals surface area contributed by atoms with E-state index in [1.807, 2.05) is 6.07 Å². The summed E-state index contributed by atoms with van der Waals surface area (Å²) in [5, 5.41) is 11.5. The van der Waals surface area contributed by atoms with Gasteiger partial charge in [0.1, 0.15) is 0 Å². The van der Waals surface area contributed by atoms with E-state index in [2.05, 4.69) is 4.98 Å². The van der Waals surface area contributed by atoms with E-state index < -0.39 is 5.54 Å². The minimum atomic E-state index is -0.548. The van der Waals surface area contributed by atoms with Crippen LogP contribution in [0.3, 0.4) is 0 Å². The van der Waals surface area contributed by atoms with Crippen LogP contribution in [0.5, 0.6) is 0 Å². The molecule has 0 spiro atoms. The van der Waals surface area contributed by atoms with E-state index in [1.165, 1.54) is 0 Å². The molecule has 3 nitrogen and oxygen atoms in total. The molecule has 0 saturated carbocycles. The predicted molar refractivity (Wildman–Crippen MR) is 74.3 cm³/mol. The van der Waals surface area contributed by atoms with Crippen LogP contribution in [0.2, 0.25) is 10.0 Å². The van der Waals surface area contributed by atoms with Gasteiger partial charge in [0, 0.05) is 22.1 Å². The lowest BCUT2D eigenvalue weighted by Gasteiger charge is -2.31. The Morgan fingerprint density at radius 2 is 2.17 bits per heavy atom. The number of benzene rings is 1. The maximum absolute atomic E-state index is 9.42. The maximum atomic E-state index is 9.42. The van der Waals surface area contributed by atoms with E-state index in [-0.39, 0.29) is 6.61 Å². The number of aromatic nitrogens is 1. The van der Waals surface area contributed by atoms with Gasteiger partial charge in [-0.3, -0.25) is 0 Å². The molecule has 1 aliphatic carbocycles. The van der Waals surface area contributed by atoms with Crippen LogP contribution in [-0.2, 0) is 12.8 Å². The van der Waals surface area contributed by atoms with Gasteiger partial charge >= 0.3 is 0 Å². The van der Waals surface area contributed by atoms with Crippen LogP contribution in [0.1, 0.15) is 17.7 Å². The van der Waals surface area contributed by atoms with E-state index in [0.717, 1.165) is 35.0 Å². The molecule has 1 atom stereocenters. The Balaban J connectivity index is 2.23. The normalized spacial score (nSPS) is 23.3. The van der Waals surface area contributed by atoms with Crippen LogP contribution < -0.4 is 5.73 Å². The molecule has 96 valence electrons. The van der Waals surface area contributed by atoms with Crippen molar-refractivity contribution in [2.45, 2.75) is 24.8 Å². The quantitative estimate of drug-likeness (QED) is 0.754. The minimum Gasteiger partial charge on any atom is -0.394 e. The smallest absolute Gasteiger partial charge is 0.0688 e. The van der Waals surface area contributed by atoms with Gasteiger partial charge in [-0.2, -0.15) is 0 Å². The Kier molecular flexibility index (Phi) is 2.83. The van der Waals surface area contributed by atoms with Gasteiger partial charge in [-0.05, 0) is 37.0 Å². The number of halogens is 2. The third-order valence-electron chi connectivity index (χ3n) is 3.76. The third-order valence-corrected chi connectivity index (χ3v) is 4.57. The van der Waals surface area contributed by atoms with Crippen LogP contribution in [-0.4, -0.2) is 22.2 Å². The molecule has 5 heteroatoms. The molecule has 18 heavy (non-hydrogen) atoms. The van der Waals surface area contributed by atoms with Crippen LogP contribution in [0.4, 0.5) is 0 Å². The van der Waals surface area contributed by atoms with E-state index in [0.29, 0.717) is 16.5 Å². The standard InChI is InChI=1S/C13H14Cl2N2O/c14-8-1-2-10-11(12(8)15)7-5-13(16,6-18)4-3-9(7)17-10/h1-2,17-18H,3-6,16H2. The largest absolute Gasteiger partial charge is 0.394 e. The van der Waals surface area contributed by atoms with Crippen molar-refractivity contribution in [3.05, 3.63) is 33.4 Å². The van der Waals surface area contributed by atoms with Gasteiger partial charge < -0.3 is 15.8 Å². The third kappa shape index (κ3) is 1.74. The van der Waals surface area contributed by atoms with Gasteiger partial charge in [0.15, 0.2) is 0 Å². The second kappa shape index (κ2) is 4.14. The summed E-state index contributed by atoms with van der Waals surface area (Å²) in [6, 6.07) is 3.72. The number of aliphatic hydroxyl groups is 1. The van der Waals surface area contributed by atoms with Gasteiger partial charge in [-0.1, -0.05) is 23.2 Å². The Morgan fingerprint density at radius 1 is 1.39 bits per heavy atom. The van der Waals surface area contributed by atoms with Crippen molar-refractivity contribution < 1.29 is 5.11 Å². The van der Waals surface area contributed by atoms with Gasteiger partial charge in [0.2, 0.25) is 0 Å². The summed E-state index contributed by atoms with van der Waals surface area (Å²) < 4.78 is 0. The average molecular weight is 285 g/mol. The second-order valence-corrected chi connectivity index (χ2v) is 5.85. The molecule has 0 radical (unpaired) electrons. The predicted octanol–water partition coefficient (Wildman–Crippen LogP) is 2.65. The highest BCUT2D eigenvalue weighted by molar-refractivity contribution is 6.45. The lowest BCUT2D eigenvalue weighted by atomic mass is 9.81. The molecule has 4 N–H and O–H groups in total. The van der Waals surface area contributed by atoms with Crippen molar-refractivity contribution in [1.29, 1.82) is 0 Å². The maximum Gasteiger partial charge on any atom is 0.0688 e. The first-order valence-corrected chi connectivity index (χ1v) is 6.67. The first-order valence-electron chi connectivity index (χ1n) is 5.91. The number of H-pyrrole nitrogens is 1. The Bertz CT molecular complexity index is 623. The molecule has 0 saturated heterocycles. The summed E-state index contributed by atoms with van der Waals surface area (Å²) in [5.74, 6) is 0. The number of fused-ring (bicyclic) bond motifs is 3. The molecule has 1 heterocycles. The van der Waals surface area contributed by atoms with Crippen LogP contribution >= 0.6 is 23.2 Å². The topological polar surface area (TPSA) is 62.0 Å². The molecule has 1 aromatic carbocycles. The summed E-state index contributed by atoms with van der Waals surface area (Å²) in [4.78, 5) is 3.37. The van der Waals surface area contributed by atoms with Crippen molar-refractivity contribution in [2.75, 3.05) is 6.61 Å². The molecule has 0 bridgehead atoms. The molecule has 1 aliphatic rings. The van der Waals surface area contributed by atoms with Crippen LogP contribution in [0.15, 0.2) is 12.1 Å². The second-order valence-electron chi connectivity index (χ2n) is 5.06.